The number of anilines is 1. The van der Waals surface area contributed by atoms with Gasteiger partial charge in [0.25, 0.3) is 0 Å². The molecule has 0 spiro atoms. The number of carbonyl (C=O) groups excluding carboxylic acids is 1. The average Bonchev–Trinajstić information content (AvgIpc) is 2.68. The van der Waals surface area contributed by atoms with Crippen LogP contribution in [0.25, 0.3) is 0 Å². The lowest BCUT2D eigenvalue weighted by atomic mass is 10.1. The molecule has 0 unspecified atom stereocenters. The molecule has 0 bridgehead atoms. The molecule has 2 aromatic carbocycles. The van der Waals surface area contributed by atoms with Crippen molar-refractivity contribution in [1.82, 2.24) is 9.80 Å². The number of nitrogens with zero attached hydrogens (tertiary/aromatic N) is 3. The van der Waals surface area contributed by atoms with E-state index in [0.29, 0.717) is 45.0 Å². The highest BCUT2D eigenvalue weighted by Gasteiger charge is 2.31. The summed E-state index contributed by atoms with van der Waals surface area (Å²) in [5.74, 6) is 0.0436. The van der Waals surface area contributed by atoms with Gasteiger partial charge >= 0.3 is 6.18 Å². The van der Waals surface area contributed by atoms with Crippen LogP contribution < -0.4 is 4.90 Å². The molecule has 1 amide bonds. The number of rotatable bonds is 5. The predicted octanol–water partition coefficient (Wildman–Crippen LogP) is 3.49. The molecule has 150 valence electrons. The van der Waals surface area contributed by atoms with Crippen LogP contribution in [-0.2, 0) is 17.5 Å². The summed E-state index contributed by atoms with van der Waals surface area (Å²) in [5, 5.41) is 0. The van der Waals surface area contributed by atoms with Crippen molar-refractivity contribution in [2.75, 3.05) is 44.7 Å². The van der Waals surface area contributed by atoms with Crippen LogP contribution in [-0.4, -0.2) is 55.5 Å². The van der Waals surface area contributed by atoms with Gasteiger partial charge in [-0.25, -0.2) is 0 Å². The van der Waals surface area contributed by atoms with Gasteiger partial charge in [0.15, 0.2) is 0 Å². The molecule has 1 aliphatic rings. The van der Waals surface area contributed by atoms with Gasteiger partial charge in [0.1, 0.15) is 0 Å². The van der Waals surface area contributed by atoms with Crippen LogP contribution >= 0.6 is 0 Å². The van der Waals surface area contributed by atoms with Gasteiger partial charge in [-0.05, 0) is 30.8 Å². The van der Waals surface area contributed by atoms with Crippen molar-refractivity contribution in [1.29, 1.82) is 0 Å². The molecule has 1 fully saturated rings. The van der Waals surface area contributed by atoms with Crippen molar-refractivity contribution in [3.05, 3.63) is 65.7 Å². The molecule has 1 heterocycles. The molecule has 0 atom stereocenters. The maximum absolute atomic E-state index is 12.9. The molecule has 0 radical (unpaired) electrons. The summed E-state index contributed by atoms with van der Waals surface area (Å²) in [6.45, 7) is 3.07. The number of carbonyl (C=O) groups is 1. The van der Waals surface area contributed by atoms with E-state index >= 15 is 0 Å². The van der Waals surface area contributed by atoms with Crippen molar-refractivity contribution >= 4 is 11.6 Å². The fraction of sp³-hybridized carbons (Fsp3) is 0.381. The first-order chi connectivity index (χ1) is 13.3. The third-order valence-electron chi connectivity index (χ3n) is 4.87. The van der Waals surface area contributed by atoms with Crippen molar-refractivity contribution in [2.24, 2.45) is 0 Å². The molecular formula is C21H24F3N3O. The second-order valence-electron chi connectivity index (χ2n) is 7.07. The van der Waals surface area contributed by atoms with E-state index in [-0.39, 0.29) is 5.91 Å². The first-order valence-corrected chi connectivity index (χ1v) is 9.25. The van der Waals surface area contributed by atoms with Crippen LogP contribution in [0.2, 0.25) is 0 Å². The van der Waals surface area contributed by atoms with Crippen molar-refractivity contribution in [3.8, 4) is 0 Å². The third-order valence-corrected chi connectivity index (χ3v) is 4.87. The Morgan fingerprint density at radius 2 is 1.68 bits per heavy atom. The molecule has 7 heteroatoms. The van der Waals surface area contributed by atoms with Crippen LogP contribution in [0.3, 0.4) is 0 Å². The second-order valence-corrected chi connectivity index (χ2v) is 7.07. The Balaban J connectivity index is 1.51. The minimum atomic E-state index is -4.35. The maximum atomic E-state index is 12.9. The van der Waals surface area contributed by atoms with E-state index in [1.54, 1.807) is 11.0 Å². The van der Waals surface area contributed by atoms with Crippen molar-refractivity contribution in [3.63, 3.8) is 0 Å². The highest BCUT2D eigenvalue weighted by molar-refractivity contribution is 5.78. The zero-order valence-electron chi connectivity index (χ0n) is 15.8. The fourth-order valence-electron chi connectivity index (χ4n) is 3.37. The van der Waals surface area contributed by atoms with Gasteiger partial charge in [-0.2, -0.15) is 13.2 Å². The topological polar surface area (TPSA) is 26.8 Å². The predicted molar refractivity (Wildman–Crippen MR) is 103 cm³/mol. The molecule has 2 aromatic rings. The van der Waals surface area contributed by atoms with Gasteiger partial charge < -0.3 is 9.80 Å². The summed E-state index contributed by atoms with van der Waals surface area (Å²) in [6, 6.07) is 15.3. The smallest absolute Gasteiger partial charge is 0.368 e. The number of amides is 1. The van der Waals surface area contributed by atoms with E-state index in [0.717, 1.165) is 11.6 Å². The molecule has 0 N–H and O–H groups in total. The monoisotopic (exact) mass is 391 g/mol. The van der Waals surface area contributed by atoms with E-state index in [4.69, 9.17) is 0 Å². The Labute approximate surface area is 163 Å². The number of alkyl halides is 3. The molecule has 4 nitrogen and oxygen atoms in total. The summed E-state index contributed by atoms with van der Waals surface area (Å²) in [5.41, 5.74) is 1.04. The van der Waals surface area contributed by atoms with E-state index in [9.17, 15) is 18.0 Å². The van der Waals surface area contributed by atoms with E-state index in [1.165, 1.54) is 12.1 Å². The summed E-state index contributed by atoms with van der Waals surface area (Å²) in [7, 11) is 1.91. The van der Waals surface area contributed by atoms with E-state index in [2.05, 4.69) is 0 Å². The zero-order valence-corrected chi connectivity index (χ0v) is 15.8. The van der Waals surface area contributed by atoms with Gasteiger partial charge in [-0.3, -0.25) is 9.69 Å². The first-order valence-electron chi connectivity index (χ1n) is 9.25. The molecule has 1 aliphatic heterocycles. The highest BCUT2D eigenvalue weighted by atomic mass is 19.4. The van der Waals surface area contributed by atoms with Crippen molar-refractivity contribution in [2.45, 2.75) is 12.7 Å². The molecular weight excluding hydrogens is 367 g/mol. The summed E-state index contributed by atoms with van der Waals surface area (Å²) in [6.07, 6.45) is -4.35. The van der Waals surface area contributed by atoms with Crippen LogP contribution in [0.5, 0.6) is 0 Å². The largest absolute Gasteiger partial charge is 0.416 e. The summed E-state index contributed by atoms with van der Waals surface area (Å²) in [4.78, 5) is 18.2. The lowest BCUT2D eigenvalue weighted by Gasteiger charge is -2.37. The first kappa shape index (κ1) is 20.2. The number of hydrogen-bond acceptors (Lipinski definition) is 3. The van der Waals surface area contributed by atoms with Crippen molar-refractivity contribution < 1.29 is 18.0 Å². The SMILES string of the molecule is CN(CC(=O)N1CCN(c2cccc(C(F)(F)F)c2)CC1)Cc1ccccc1. The highest BCUT2D eigenvalue weighted by Crippen LogP contribution is 2.31. The molecule has 0 aromatic heterocycles. The molecule has 3 rings (SSSR count). The maximum Gasteiger partial charge on any atom is 0.416 e. The molecule has 28 heavy (non-hydrogen) atoms. The van der Waals surface area contributed by atoms with Crippen LogP contribution in [0.4, 0.5) is 18.9 Å². The Kier molecular flexibility index (Phi) is 6.24. The zero-order chi connectivity index (χ0) is 20.1. The van der Waals surface area contributed by atoms with Gasteiger partial charge in [-0.1, -0.05) is 36.4 Å². The minimum absolute atomic E-state index is 0.0436. The quantitative estimate of drug-likeness (QED) is 0.781. The lowest BCUT2D eigenvalue weighted by Crippen LogP contribution is -2.51. The standard InChI is InChI=1S/C21H24F3N3O/c1-25(15-17-6-3-2-4-7-17)16-20(28)27-12-10-26(11-13-27)19-9-5-8-18(14-19)21(22,23)24/h2-9,14H,10-13,15-16H2,1H3. The molecule has 0 aliphatic carbocycles. The van der Waals surface area contributed by atoms with Gasteiger partial charge in [0.2, 0.25) is 5.91 Å². The fourth-order valence-corrected chi connectivity index (χ4v) is 3.37. The van der Waals surface area contributed by atoms with Gasteiger partial charge in [0.05, 0.1) is 12.1 Å². The summed E-state index contributed by atoms with van der Waals surface area (Å²) >= 11 is 0. The normalized spacial score (nSPS) is 15.2. The number of benzene rings is 2. The molecule has 1 saturated heterocycles. The Bertz CT molecular complexity index is 787. The summed E-state index contributed by atoms with van der Waals surface area (Å²) < 4.78 is 38.7. The van der Waals surface area contributed by atoms with Crippen LogP contribution in [0.1, 0.15) is 11.1 Å². The van der Waals surface area contributed by atoms with E-state index in [1.807, 2.05) is 47.2 Å². The molecule has 0 saturated carbocycles. The van der Waals surface area contributed by atoms with Crippen LogP contribution in [0, 0.1) is 0 Å². The minimum Gasteiger partial charge on any atom is -0.368 e. The van der Waals surface area contributed by atoms with Gasteiger partial charge in [0, 0.05) is 38.4 Å². The third kappa shape index (κ3) is 5.25. The van der Waals surface area contributed by atoms with E-state index < -0.39 is 11.7 Å². The Morgan fingerprint density at radius 3 is 2.32 bits per heavy atom. The number of halogens is 3. The van der Waals surface area contributed by atoms with Gasteiger partial charge in [-0.15, -0.1) is 0 Å². The lowest BCUT2D eigenvalue weighted by molar-refractivity contribution is -0.137. The van der Waals surface area contributed by atoms with Crippen LogP contribution in [0.15, 0.2) is 54.6 Å². The Hall–Kier alpha value is -2.54. The number of piperazine rings is 1. The number of hydrogen-bond donors (Lipinski definition) is 0. The average molecular weight is 391 g/mol. The number of likely N-dealkylation sites (N-methyl/N-ethyl adjacent to an activating group) is 1. The Morgan fingerprint density at radius 1 is 1.00 bits per heavy atom. The second kappa shape index (κ2) is 8.65.